The molecule has 0 unspecified atom stereocenters. The maximum Gasteiger partial charge on any atom is 0.303 e. The minimum absolute atomic E-state index is 0.326. The summed E-state index contributed by atoms with van der Waals surface area (Å²) in [5.41, 5.74) is 0. The van der Waals surface area contributed by atoms with Gasteiger partial charge in [0.2, 0.25) is 0 Å². The Labute approximate surface area is 137 Å². The average molecular weight is 306 g/mol. The van der Waals surface area contributed by atoms with Gasteiger partial charge < -0.3 is 5.11 Å². The van der Waals surface area contributed by atoms with Gasteiger partial charge in [-0.05, 0) is 44.9 Å². The Morgan fingerprint density at radius 1 is 0.727 bits per heavy atom. The molecule has 0 rings (SSSR count). The van der Waals surface area contributed by atoms with E-state index in [0.717, 1.165) is 25.7 Å². The highest BCUT2D eigenvalue weighted by Gasteiger charge is 1.96. The number of rotatable bonds is 15. The van der Waals surface area contributed by atoms with Gasteiger partial charge in [-0.25, -0.2) is 0 Å². The Morgan fingerprint density at radius 3 is 1.95 bits per heavy atom. The number of unbranched alkanes of at least 4 members (excludes halogenated alkanes) is 8. The van der Waals surface area contributed by atoms with Crippen LogP contribution in [0.4, 0.5) is 0 Å². The topological polar surface area (TPSA) is 37.3 Å². The van der Waals surface area contributed by atoms with Crippen LogP contribution in [0.1, 0.15) is 84.0 Å². The molecular formula is C20H34O2. The zero-order valence-electron chi connectivity index (χ0n) is 14.3. The van der Waals surface area contributed by atoms with Crippen LogP contribution in [-0.2, 0) is 4.79 Å². The van der Waals surface area contributed by atoms with Crippen molar-refractivity contribution in [3.63, 3.8) is 0 Å². The summed E-state index contributed by atoms with van der Waals surface area (Å²) in [6.07, 6.45) is 26.3. The van der Waals surface area contributed by atoms with Crippen molar-refractivity contribution in [2.24, 2.45) is 0 Å². The van der Waals surface area contributed by atoms with Crippen LogP contribution in [0.15, 0.2) is 36.5 Å². The molecular weight excluding hydrogens is 272 g/mol. The summed E-state index contributed by atoms with van der Waals surface area (Å²) in [4.78, 5) is 10.3. The lowest BCUT2D eigenvalue weighted by atomic mass is 10.1. The first-order valence-corrected chi connectivity index (χ1v) is 8.95. The summed E-state index contributed by atoms with van der Waals surface area (Å²) in [6.45, 7) is 2.15. The van der Waals surface area contributed by atoms with Crippen molar-refractivity contribution in [3.8, 4) is 0 Å². The Morgan fingerprint density at radius 2 is 1.27 bits per heavy atom. The molecule has 0 saturated heterocycles. The van der Waals surface area contributed by atoms with Crippen LogP contribution in [0.5, 0.6) is 0 Å². The molecule has 0 aliphatic carbocycles. The van der Waals surface area contributed by atoms with E-state index >= 15 is 0 Å². The minimum atomic E-state index is -0.668. The van der Waals surface area contributed by atoms with Gasteiger partial charge in [-0.1, -0.05) is 69.1 Å². The number of allylic oxidation sites excluding steroid dienone is 6. The highest BCUT2D eigenvalue weighted by Crippen LogP contribution is 2.09. The van der Waals surface area contributed by atoms with Crippen LogP contribution in [0.2, 0.25) is 0 Å². The number of aliphatic carboxylic acids is 1. The van der Waals surface area contributed by atoms with Gasteiger partial charge in [0.1, 0.15) is 0 Å². The molecule has 0 aromatic rings. The Kier molecular flexibility index (Phi) is 16.7. The van der Waals surface area contributed by atoms with Crippen molar-refractivity contribution in [3.05, 3.63) is 36.5 Å². The van der Waals surface area contributed by atoms with E-state index in [4.69, 9.17) is 5.11 Å². The van der Waals surface area contributed by atoms with E-state index in [9.17, 15) is 4.79 Å². The van der Waals surface area contributed by atoms with Crippen molar-refractivity contribution in [2.75, 3.05) is 0 Å². The monoisotopic (exact) mass is 306 g/mol. The van der Waals surface area contributed by atoms with E-state index in [0.29, 0.717) is 6.42 Å². The summed E-state index contributed by atoms with van der Waals surface area (Å²) in [6, 6.07) is 0. The van der Waals surface area contributed by atoms with Gasteiger partial charge in [0.05, 0.1) is 0 Å². The number of carboxylic acid groups (broad SMARTS) is 1. The first-order valence-electron chi connectivity index (χ1n) is 8.95. The number of carboxylic acids is 1. The van der Waals surface area contributed by atoms with E-state index < -0.39 is 5.97 Å². The van der Waals surface area contributed by atoms with Gasteiger partial charge in [-0.15, -0.1) is 0 Å². The lowest BCUT2D eigenvalue weighted by molar-refractivity contribution is -0.137. The standard InChI is InChI=1S/C20H34O2/c1-2-3-4-5-6-7-8-9-10-11-12-13-14-15-16-17-18-19-20(21)22/h3-6,10-11H,2,7-9,12-19H2,1H3,(H,21,22). The second kappa shape index (κ2) is 17.7. The SMILES string of the molecule is CCC=CC=CCCCC=CCCCCCCCCC(=O)O. The summed E-state index contributed by atoms with van der Waals surface area (Å²) < 4.78 is 0. The fourth-order valence-electron chi connectivity index (χ4n) is 2.22. The van der Waals surface area contributed by atoms with E-state index in [2.05, 4.69) is 43.4 Å². The van der Waals surface area contributed by atoms with Crippen LogP contribution in [0, 0.1) is 0 Å². The molecule has 0 aromatic carbocycles. The second-order valence-corrected chi connectivity index (χ2v) is 5.72. The lowest BCUT2D eigenvalue weighted by Gasteiger charge is -1.99. The maximum atomic E-state index is 10.3. The van der Waals surface area contributed by atoms with Crippen molar-refractivity contribution in [2.45, 2.75) is 84.0 Å². The molecule has 0 aliphatic heterocycles. The van der Waals surface area contributed by atoms with E-state index in [1.165, 1.54) is 44.9 Å². The Balaban J connectivity index is 3.19. The molecule has 2 nitrogen and oxygen atoms in total. The molecule has 0 aromatic heterocycles. The zero-order chi connectivity index (χ0) is 16.3. The molecule has 0 aliphatic rings. The third-order valence-corrected chi connectivity index (χ3v) is 3.54. The summed E-state index contributed by atoms with van der Waals surface area (Å²) in [5, 5.41) is 8.52. The first kappa shape index (κ1) is 20.7. The maximum absolute atomic E-state index is 10.3. The number of carbonyl (C=O) groups is 1. The Bertz CT molecular complexity index is 327. The quantitative estimate of drug-likeness (QED) is 0.215. The molecule has 0 saturated carbocycles. The van der Waals surface area contributed by atoms with Crippen molar-refractivity contribution in [1.29, 1.82) is 0 Å². The molecule has 0 heterocycles. The van der Waals surface area contributed by atoms with Gasteiger partial charge in [0.15, 0.2) is 0 Å². The number of hydrogen-bond acceptors (Lipinski definition) is 1. The van der Waals surface area contributed by atoms with Crippen molar-refractivity contribution >= 4 is 5.97 Å². The third-order valence-electron chi connectivity index (χ3n) is 3.54. The van der Waals surface area contributed by atoms with E-state index in [1.54, 1.807) is 0 Å². The largest absolute Gasteiger partial charge is 0.481 e. The van der Waals surface area contributed by atoms with Crippen LogP contribution in [0.25, 0.3) is 0 Å². The number of hydrogen-bond donors (Lipinski definition) is 1. The molecule has 22 heavy (non-hydrogen) atoms. The van der Waals surface area contributed by atoms with Crippen LogP contribution in [-0.4, -0.2) is 11.1 Å². The predicted molar refractivity (Wildman–Crippen MR) is 96.1 cm³/mol. The minimum Gasteiger partial charge on any atom is -0.481 e. The van der Waals surface area contributed by atoms with Crippen LogP contribution in [0.3, 0.4) is 0 Å². The lowest BCUT2D eigenvalue weighted by Crippen LogP contribution is -1.93. The van der Waals surface area contributed by atoms with E-state index in [1.807, 2.05) is 0 Å². The van der Waals surface area contributed by atoms with Gasteiger partial charge in [-0.3, -0.25) is 4.79 Å². The Hall–Kier alpha value is -1.31. The first-order chi connectivity index (χ1) is 10.8. The predicted octanol–water partition coefficient (Wildman–Crippen LogP) is 6.44. The molecule has 0 spiro atoms. The van der Waals surface area contributed by atoms with Gasteiger partial charge in [0.25, 0.3) is 0 Å². The fraction of sp³-hybridized carbons (Fsp3) is 0.650. The smallest absolute Gasteiger partial charge is 0.303 e. The molecule has 0 radical (unpaired) electrons. The average Bonchev–Trinajstić information content (AvgIpc) is 2.50. The summed E-state index contributed by atoms with van der Waals surface area (Å²) in [5.74, 6) is -0.668. The molecule has 0 fully saturated rings. The zero-order valence-corrected chi connectivity index (χ0v) is 14.3. The molecule has 0 amide bonds. The summed E-state index contributed by atoms with van der Waals surface area (Å²) in [7, 11) is 0. The fourth-order valence-corrected chi connectivity index (χ4v) is 2.22. The van der Waals surface area contributed by atoms with Crippen LogP contribution < -0.4 is 0 Å². The molecule has 2 heteroatoms. The highest BCUT2D eigenvalue weighted by molar-refractivity contribution is 5.66. The molecule has 0 bridgehead atoms. The second-order valence-electron chi connectivity index (χ2n) is 5.72. The van der Waals surface area contributed by atoms with Gasteiger partial charge >= 0.3 is 5.97 Å². The van der Waals surface area contributed by atoms with E-state index in [-0.39, 0.29) is 0 Å². The molecule has 1 N–H and O–H groups in total. The molecule has 126 valence electrons. The summed E-state index contributed by atoms with van der Waals surface area (Å²) >= 11 is 0. The normalized spacial score (nSPS) is 12.0. The van der Waals surface area contributed by atoms with Gasteiger partial charge in [-0.2, -0.15) is 0 Å². The third kappa shape index (κ3) is 18.7. The van der Waals surface area contributed by atoms with Crippen LogP contribution >= 0.6 is 0 Å². The molecule has 0 atom stereocenters. The van der Waals surface area contributed by atoms with Crippen molar-refractivity contribution < 1.29 is 9.90 Å². The van der Waals surface area contributed by atoms with Gasteiger partial charge in [0, 0.05) is 6.42 Å². The highest BCUT2D eigenvalue weighted by atomic mass is 16.4. The van der Waals surface area contributed by atoms with Crippen molar-refractivity contribution in [1.82, 2.24) is 0 Å².